The van der Waals surface area contributed by atoms with Crippen LogP contribution in [0.2, 0.25) is 0 Å². The number of hydrogen-bond donors (Lipinski definition) is 2. The molecule has 3 aliphatic heterocycles. The highest BCUT2D eigenvalue weighted by Crippen LogP contribution is 2.45. The second kappa shape index (κ2) is 11.2. The number of nitrogens with one attached hydrogen (secondary N) is 1. The molecule has 6 rings (SSSR count). The molecule has 3 saturated heterocycles. The molecule has 5 atom stereocenters. The van der Waals surface area contributed by atoms with Crippen molar-refractivity contribution in [1.29, 1.82) is 0 Å². The van der Waals surface area contributed by atoms with E-state index in [4.69, 9.17) is 14.2 Å². The third-order valence-electron chi connectivity index (χ3n) is 7.80. The van der Waals surface area contributed by atoms with E-state index >= 15 is 0 Å². The Morgan fingerprint density at radius 3 is 2.27 bits per heavy atom. The minimum atomic E-state index is -1.22. The summed E-state index contributed by atoms with van der Waals surface area (Å²) in [4.78, 5) is 13.9. The van der Waals surface area contributed by atoms with Crippen molar-refractivity contribution in [3.8, 4) is 11.5 Å². The predicted octanol–water partition coefficient (Wildman–Crippen LogP) is 5.11. The van der Waals surface area contributed by atoms with Gasteiger partial charge in [-0.2, -0.15) is 0 Å². The highest BCUT2D eigenvalue weighted by atomic mass is 16.7. The van der Waals surface area contributed by atoms with Gasteiger partial charge in [0.05, 0.1) is 14.2 Å². The maximum absolute atomic E-state index is 11.6. The van der Waals surface area contributed by atoms with Gasteiger partial charge in [-0.1, -0.05) is 60.7 Å². The van der Waals surface area contributed by atoms with Crippen LogP contribution in [-0.4, -0.2) is 55.2 Å². The Labute approximate surface area is 218 Å². The first-order valence-corrected chi connectivity index (χ1v) is 12.8. The van der Waals surface area contributed by atoms with E-state index in [1.54, 1.807) is 14.2 Å². The van der Waals surface area contributed by atoms with Gasteiger partial charge in [-0.05, 0) is 41.7 Å². The maximum atomic E-state index is 11.6. The van der Waals surface area contributed by atoms with Gasteiger partial charge >= 0.3 is 6.16 Å². The molecule has 3 aromatic rings. The zero-order valence-corrected chi connectivity index (χ0v) is 21.2. The molecule has 0 aromatic heterocycles. The standard InChI is InChI=1S/C30H34N2O5/c1-35-24-13-14-25(36-2)23(17-24)19-31-28-22-15-16-32(26(18-22)37-30(33)34)29(28)27(20-9-5-3-6-10-20)21-11-7-4-8-12-21/h3-14,17,22,26-29,31H,15-16,18-19H2,1-2H3,(H,33,34)/t22-,26?,28-,29-/m0/s1. The molecule has 0 saturated carbocycles. The minimum Gasteiger partial charge on any atom is -0.497 e. The van der Waals surface area contributed by atoms with Crippen molar-refractivity contribution < 1.29 is 24.1 Å². The molecule has 0 amide bonds. The van der Waals surface area contributed by atoms with Crippen molar-refractivity contribution in [3.05, 3.63) is 95.6 Å². The van der Waals surface area contributed by atoms with Gasteiger partial charge in [-0.3, -0.25) is 4.90 Å². The van der Waals surface area contributed by atoms with Crippen LogP contribution in [0.1, 0.15) is 35.4 Å². The van der Waals surface area contributed by atoms with Gasteiger partial charge in [-0.25, -0.2) is 4.79 Å². The normalized spacial score (nSPS) is 24.6. The first kappa shape index (κ1) is 25.1. The number of piperidine rings is 3. The van der Waals surface area contributed by atoms with E-state index in [0.29, 0.717) is 13.0 Å². The van der Waals surface area contributed by atoms with Crippen LogP contribution in [0, 0.1) is 5.92 Å². The van der Waals surface area contributed by atoms with Crippen molar-refractivity contribution in [2.24, 2.45) is 5.92 Å². The summed E-state index contributed by atoms with van der Waals surface area (Å²) in [5.74, 6) is 1.89. The summed E-state index contributed by atoms with van der Waals surface area (Å²) < 4.78 is 16.5. The molecule has 2 bridgehead atoms. The molecule has 7 heteroatoms. The summed E-state index contributed by atoms with van der Waals surface area (Å²) in [6.07, 6.45) is -0.0240. The van der Waals surface area contributed by atoms with Crippen LogP contribution in [0.3, 0.4) is 0 Å². The molecule has 3 aliphatic rings. The summed E-state index contributed by atoms with van der Waals surface area (Å²) in [5, 5.41) is 13.3. The molecule has 0 aliphatic carbocycles. The van der Waals surface area contributed by atoms with Crippen molar-refractivity contribution in [3.63, 3.8) is 0 Å². The number of carbonyl (C=O) groups is 1. The van der Waals surface area contributed by atoms with Crippen LogP contribution in [0.4, 0.5) is 4.79 Å². The number of methoxy groups -OCH3 is 2. The number of nitrogens with zero attached hydrogens (tertiary/aromatic N) is 1. The predicted molar refractivity (Wildman–Crippen MR) is 141 cm³/mol. The minimum absolute atomic E-state index is 0.00162. The van der Waals surface area contributed by atoms with E-state index in [1.807, 2.05) is 30.3 Å². The number of hydrogen-bond acceptors (Lipinski definition) is 6. The highest BCUT2D eigenvalue weighted by Gasteiger charge is 2.51. The molecule has 3 aromatic carbocycles. The van der Waals surface area contributed by atoms with Gasteiger partial charge in [0.2, 0.25) is 0 Å². The molecular formula is C30H34N2O5. The van der Waals surface area contributed by atoms with E-state index in [9.17, 15) is 9.90 Å². The third kappa shape index (κ3) is 5.29. The number of carboxylic acid groups (broad SMARTS) is 1. The molecule has 3 fully saturated rings. The van der Waals surface area contributed by atoms with Gasteiger partial charge in [0, 0.05) is 43.1 Å². The Morgan fingerprint density at radius 2 is 1.68 bits per heavy atom. The molecule has 37 heavy (non-hydrogen) atoms. The van der Waals surface area contributed by atoms with Gasteiger partial charge in [-0.15, -0.1) is 0 Å². The quantitative estimate of drug-likeness (QED) is 0.394. The van der Waals surface area contributed by atoms with Gasteiger partial charge in [0.25, 0.3) is 0 Å². The van der Waals surface area contributed by atoms with Gasteiger partial charge in [0.1, 0.15) is 11.5 Å². The Kier molecular flexibility index (Phi) is 7.63. The number of fused-ring (bicyclic) bond motifs is 3. The van der Waals surface area contributed by atoms with Crippen molar-refractivity contribution in [1.82, 2.24) is 10.2 Å². The molecule has 2 N–H and O–H groups in total. The second-order valence-electron chi connectivity index (χ2n) is 9.73. The first-order chi connectivity index (χ1) is 18.1. The Morgan fingerprint density at radius 1 is 1.00 bits per heavy atom. The molecule has 3 heterocycles. The number of ether oxygens (including phenoxy) is 3. The molecule has 194 valence electrons. The van der Waals surface area contributed by atoms with Crippen LogP contribution >= 0.6 is 0 Å². The van der Waals surface area contributed by atoms with E-state index in [2.05, 4.69) is 58.7 Å². The summed E-state index contributed by atoms with van der Waals surface area (Å²) in [6, 6.07) is 26.9. The zero-order valence-electron chi connectivity index (χ0n) is 21.2. The zero-order chi connectivity index (χ0) is 25.8. The van der Waals surface area contributed by atoms with Crippen molar-refractivity contribution >= 4 is 6.16 Å². The highest BCUT2D eigenvalue weighted by molar-refractivity contribution is 5.57. The molecule has 7 nitrogen and oxygen atoms in total. The largest absolute Gasteiger partial charge is 0.507 e. The average molecular weight is 503 g/mol. The maximum Gasteiger partial charge on any atom is 0.507 e. The molecule has 0 spiro atoms. The fourth-order valence-electron chi connectivity index (χ4n) is 6.20. The lowest BCUT2D eigenvalue weighted by molar-refractivity contribution is -0.139. The smallest absolute Gasteiger partial charge is 0.497 e. The molecule has 2 unspecified atom stereocenters. The Hall–Kier alpha value is -3.55. The van der Waals surface area contributed by atoms with Crippen LogP contribution in [0.15, 0.2) is 78.9 Å². The second-order valence-corrected chi connectivity index (χ2v) is 9.73. The van der Waals surface area contributed by atoms with Gasteiger partial charge in [0.15, 0.2) is 6.23 Å². The monoisotopic (exact) mass is 502 g/mol. The molecule has 0 radical (unpaired) electrons. The average Bonchev–Trinajstić information content (AvgIpc) is 2.93. The van der Waals surface area contributed by atoms with E-state index < -0.39 is 12.4 Å². The summed E-state index contributed by atoms with van der Waals surface area (Å²) >= 11 is 0. The third-order valence-corrected chi connectivity index (χ3v) is 7.80. The van der Waals surface area contributed by atoms with Crippen LogP contribution in [0.5, 0.6) is 11.5 Å². The SMILES string of the molecule is COc1ccc(OC)c(CN[C@H]2[C@H]3CCN(C(OC(=O)O)C3)[C@H]2C(c2ccccc2)c2ccccc2)c1. The van der Waals surface area contributed by atoms with Crippen LogP contribution in [-0.2, 0) is 11.3 Å². The first-order valence-electron chi connectivity index (χ1n) is 12.8. The number of benzene rings is 3. The van der Waals surface area contributed by atoms with Crippen molar-refractivity contribution in [2.75, 3.05) is 20.8 Å². The van der Waals surface area contributed by atoms with Crippen LogP contribution in [0.25, 0.3) is 0 Å². The van der Waals surface area contributed by atoms with Crippen LogP contribution < -0.4 is 14.8 Å². The van der Waals surface area contributed by atoms with Gasteiger partial charge < -0.3 is 24.6 Å². The lowest BCUT2D eigenvalue weighted by atomic mass is 9.70. The summed E-state index contributed by atoms with van der Waals surface area (Å²) in [5.41, 5.74) is 3.42. The lowest BCUT2D eigenvalue weighted by Gasteiger charge is -2.56. The van der Waals surface area contributed by atoms with E-state index in [-0.39, 0.29) is 23.9 Å². The number of rotatable bonds is 9. The summed E-state index contributed by atoms with van der Waals surface area (Å²) in [6.45, 7) is 1.40. The van der Waals surface area contributed by atoms with E-state index in [1.165, 1.54) is 11.1 Å². The fraction of sp³-hybridized carbons (Fsp3) is 0.367. The lowest BCUT2D eigenvalue weighted by Crippen LogP contribution is -2.68. The Bertz CT molecular complexity index is 1150. The molecular weight excluding hydrogens is 468 g/mol. The van der Waals surface area contributed by atoms with Crippen molar-refractivity contribution in [2.45, 2.75) is 43.6 Å². The Balaban J connectivity index is 1.53. The summed E-state index contributed by atoms with van der Waals surface area (Å²) in [7, 11) is 3.34. The fourth-order valence-corrected chi connectivity index (χ4v) is 6.20. The van der Waals surface area contributed by atoms with E-state index in [0.717, 1.165) is 30.0 Å². The topological polar surface area (TPSA) is 80.3 Å².